The zero-order valence-electron chi connectivity index (χ0n) is 9.21. The number of hydrazine groups is 1. The zero-order chi connectivity index (χ0) is 11.5. The largest absolute Gasteiger partial charge is 0.258 e. The molecule has 2 rings (SSSR count). The third-order valence-electron chi connectivity index (χ3n) is 2.99. The number of hydrogen-bond acceptors (Lipinski definition) is 3. The van der Waals surface area contributed by atoms with Crippen molar-refractivity contribution < 1.29 is 0 Å². The van der Waals surface area contributed by atoms with Crippen LogP contribution >= 0.6 is 23.2 Å². The Morgan fingerprint density at radius 1 is 1.44 bits per heavy atom. The lowest BCUT2D eigenvalue weighted by Crippen LogP contribution is -2.41. The molecule has 0 spiro atoms. The number of nitrogens with zero attached hydrogens (tertiary/aromatic N) is 2. The smallest absolute Gasteiger partial charge is 0.147 e. The van der Waals surface area contributed by atoms with Gasteiger partial charge in [0.1, 0.15) is 5.15 Å². The number of pyridine rings is 1. The first-order valence-electron chi connectivity index (χ1n) is 5.47. The van der Waals surface area contributed by atoms with Gasteiger partial charge in [-0.15, -0.1) is 0 Å². The summed E-state index contributed by atoms with van der Waals surface area (Å²) in [5.74, 6) is 0. The topological polar surface area (TPSA) is 28.2 Å². The van der Waals surface area contributed by atoms with Crippen LogP contribution in [0.1, 0.15) is 30.9 Å². The molecule has 1 N–H and O–H groups in total. The average molecular weight is 260 g/mol. The number of halogens is 2. The lowest BCUT2D eigenvalue weighted by Gasteiger charge is -2.35. The highest BCUT2D eigenvalue weighted by Crippen LogP contribution is 2.31. The Bertz CT molecular complexity index is 370. The maximum Gasteiger partial charge on any atom is 0.147 e. The number of nitrogens with one attached hydrogen (secondary N) is 1. The summed E-state index contributed by atoms with van der Waals surface area (Å²) in [5.41, 5.74) is 4.34. The summed E-state index contributed by atoms with van der Waals surface area (Å²) in [6, 6.07) is 2.26. The fourth-order valence-electron chi connectivity index (χ4n) is 2.16. The van der Waals surface area contributed by atoms with Crippen LogP contribution in [-0.4, -0.2) is 23.6 Å². The van der Waals surface area contributed by atoms with Crippen LogP contribution in [0.5, 0.6) is 0 Å². The fourth-order valence-corrected chi connectivity index (χ4v) is 2.44. The van der Waals surface area contributed by atoms with E-state index in [0.717, 1.165) is 18.5 Å². The molecular weight excluding hydrogens is 245 g/mol. The molecule has 1 atom stereocenters. The first-order chi connectivity index (χ1) is 7.72. The maximum absolute atomic E-state index is 5.99. The van der Waals surface area contributed by atoms with E-state index in [-0.39, 0.29) is 0 Å². The minimum atomic E-state index is 0.348. The van der Waals surface area contributed by atoms with Crippen molar-refractivity contribution in [2.45, 2.75) is 25.3 Å². The van der Waals surface area contributed by atoms with Gasteiger partial charge in [0, 0.05) is 12.7 Å². The van der Waals surface area contributed by atoms with Crippen molar-refractivity contribution >= 4 is 23.2 Å². The lowest BCUT2D eigenvalue weighted by atomic mass is 9.98. The minimum Gasteiger partial charge on any atom is -0.258 e. The molecule has 0 radical (unpaired) electrons. The molecule has 5 heteroatoms. The van der Waals surface area contributed by atoms with Gasteiger partial charge in [-0.2, -0.15) is 0 Å². The number of aromatic nitrogens is 1. The lowest BCUT2D eigenvalue weighted by molar-refractivity contribution is 0.0982. The Hall–Kier alpha value is -0.350. The Labute approximate surface area is 106 Å². The molecule has 88 valence electrons. The molecule has 2 heterocycles. The van der Waals surface area contributed by atoms with Gasteiger partial charge in [0.2, 0.25) is 0 Å². The fraction of sp³-hybridized carbons (Fsp3) is 0.545. The van der Waals surface area contributed by atoms with Crippen LogP contribution in [-0.2, 0) is 0 Å². The van der Waals surface area contributed by atoms with Crippen molar-refractivity contribution in [1.82, 2.24) is 15.4 Å². The molecule has 0 bridgehead atoms. The molecule has 1 aromatic rings. The van der Waals surface area contributed by atoms with Crippen molar-refractivity contribution in [3.05, 3.63) is 28.0 Å². The number of piperidine rings is 1. The van der Waals surface area contributed by atoms with Gasteiger partial charge in [-0.05, 0) is 31.5 Å². The van der Waals surface area contributed by atoms with Crippen LogP contribution in [0.15, 0.2) is 12.3 Å². The van der Waals surface area contributed by atoms with Crippen molar-refractivity contribution in [1.29, 1.82) is 0 Å². The Morgan fingerprint density at radius 3 is 2.94 bits per heavy atom. The van der Waals surface area contributed by atoms with E-state index in [9.17, 15) is 0 Å². The molecule has 1 aliphatic heterocycles. The van der Waals surface area contributed by atoms with Gasteiger partial charge in [0.05, 0.1) is 11.1 Å². The highest BCUT2D eigenvalue weighted by molar-refractivity contribution is 6.41. The SMILES string of the molecule is CNN1CCCCC1c1cnc(Cl)c(Cl)c1. The van der Waals surface area contributed by atoms with E-state index in [2.05, 4.69) is 15.4 Å². The summed E-state index contributed by atoms with van der Waals surface area (Å²) < 4.78 is 0. The summed E-state index contributed by atoms with van der Waals surface area (Å²) in [6.45, 7) is 1.06. The van der Waals surface area contributed by atoms with Gasteiger partial charge in [-0.1, -0.05) is 29.6 Å². The molecule has 16 heavy (non-hydrogen) atoms. The van der Waals surface area contributed by atoms with Crippen molar-refractivity contribution in [2.75, 3.05) is 13.6 Å². The minimum absolute atomic E-state index is 0.348. The molecule has 1 aliphatic rings. The van der Waals surface area contributed by atoms with Crippen molar-refractivity contribution in [3.8, 4) is 0 Å². The Kier molecular flexibility index (Phi) is 4.03. The molecular formula is C11H15Cl2N3. The van der Waals surface area contributed by atoms with Crippen LogP contribution in [0.3, 0.4) is 0 Å². The predicted molar refractivity (Wildman–Crippen MR) is 66.6 cm³/mol. The van der Waals surface area contributed by atoms with Crippen LogP contribution in [0, 0.1) is 0 Å². The summed E-state index contributed by atoms with van der Waals surface area (Å²) >= 11 is 11.8. The van der Waals surface area contributed by atoms with Gasteiger partial charge in [-0.3, -0.25) is 5.43 Å². The third kappa shape index (κ3) is 2.48. The zero-order valence-corrected chi connectivity index (χ0v) is 10.7. The Balaban J connectivity index is 2.23. The molecule has 0 amide bonds. The third-order valence-corrected chi connectivity index (χ3v) is 3.68. The molecule has 1 fully saturated rings. The number of rotatable bonds is 2. The van der Waals surface area contributed by atoms with Gasteiger partial charge in [-0.25, -0.2) is 9.99 Å². The second-order valence-corrected chi connectivity index (χ2v) is 4.74. The number of hydrogen-bond donors (Lipinski definition) is 1. The molecule has 0 saturated carbocycles. The summed E-state index contributed by atoms with van der Waals surface area (Å²) in [5, 5.41) is 3.13. The van der Waals surface area contributed by atoms with Crippen LogP contribution in [0.4, 0.5) is 0 Å². The van der Waals surface area contributed by atoms with Gasteiger partial charge in [0.25, 0.3) is 0 Å². The van der Waals surface area contributed by atoms with Crippen LogP contribution in [0.2, 0.25) is 10.2 Å². The molecule has 0 aromatic carbocycles. The van der Waals surface area contributed by atoms with Crippen LogP contribution in [0.25, 0.3) is 0 Å². The van der Waals surface area contributed by atoms with E-state index >= 15 is 0 Å². The molecule has 1 saturated heterocycles. The summed E-state index contributed by atoms with van der Waals surface area (Å²) in [7, 11) is 1.95. The molecule has 1 aromatic heterocycles. The van der Waals surface area contributed by atoms with Crippen LogP contribution < -0.4 is 5.43 Å². The quantitative estimate of drug-likeness (QED) is 0.828. The molecule has 1 unspecified atom stereocenters. The standard InChI is InChI=1S/C11H15Cl2N3/c1-14-16-5-3-2-4-10(16)8-6-9(12)11(13)15-7-8/h6-7,10,14H,2-5H2,1H3. The summed E-state index contributed by atoms with van der Waals surface area (Å²) in [6.07, 6.45) is 5.41. The second kappa shape index (κ2) is 5.32. The van der Waals surface area contributed by atoms with E-state index in [4.69, 9.17) is 23.2 Å². The monoisotopic (exact) mass is 259 g/mol. The maximum atomic E-state index is 5.99. The second-order valence-electron chi connectivity index (χ2n) is 3.97. The summed E-state index contributed by atoms with van der Waals surface area (Å²) in [4.78, 5) is 4.10. The van der Waals surface area contributed by atoms with Crippen molar-refractivity contribution in [2.24, 2.45) is 0 Å². The van der Waals surface area contributed by atoms with Crippen molar-refractivity contribution in [3.63, 3.8) is 0 Å². The highest BCUT2D eigenvalue weighted by Gasteiger charge is 2.23. The van der Waals surface area contributed by atoms with Gasteiger partial charge in [0.15, 0.2) is 0 Å². The first-order valence-corrected chi connectivity index (χ1v) is 6.23. The Morgan fingerprint density at radius 2 is 2.25 bits per heavy atom. The average Bonchev–Trinajstić information content (AvgIpc) is 2.32. The predicted octanol–water partition coefficient (Wildman–Crippen LogP) is 3.05. The highest BCUT2D eigenvalue weighted by atomic mass is 35.5. The normalized spacial score (nSPS) is 22.3. The van der Waals surface area contributed by atoms with E-state index in [1.807, 2.05) is 19.3 Å². The molecule has 3 nitrogen and oxygen atoms in total. The first kappa shape index (κ1) is 12.1. The van der Waals surface area contributed by atoms with Gasteiger partial charge >= 0.3 is 0 Å². The van der Waals surface area contributed by atoms with Gasteiger partial charge < -0.3 is 0 Å². The molecule has 0 aliphatic carbocycles. The van der Waals surface area contributed by atoms with E-state index in [1.54, 1.807) is 0 Å². The van der Waals surface area contributed by atoms with E-state index in [1.165, 1.54) is 12.8 Å². The van der Waals surface area contributed by atoms with E-state index < -0.39 is 0 Å². The van der Waals surface area contributed by atoms with E-state index in [0.29, 0.717) is 16.2 Å².